The molecule has 21 rings (SSSR count). The molecular formula is C125H141Cl3N12O10. The van der Waals surface area contributed by atoms with Gasteiger partial charge in [-0.15, -0.1) is 0 Å². The monoisotopic (exact) mass is 2070 g/mol. The number of halogens is 3. The van der Waals surface area contributed by atoms with Gasteiger partial charge in [-0.05, 0) is 169 Å². The normalized spacial score (nSPS) is 15.5. The predicted octanol–water partition coefficient (Wildman–Crippen LogP) is 23.9. The zero-order chi connectivity index (χ0) is 104. The third kappa shape index (κ3) is 25.7. The summed E-state index contributed by atoms with van der Waals surface area (Å²) in [4.78, 5) is 82.2. The molecule has 12 aromatic carbocycles. The number of carbonyl (C=O) groups is 5. The number of rotatable bonds is 38. The van der Waals surface area contributed by atoms with Crippen LogP contribution >= 0.6 is 34.8 Å². The number of methoxy groups -OCH3 is 2. The Balaban J connectivity index is 0.000000131. The summed E-state index contributed by atoms with van der Waals surface area (Å²) >= 11 is 19.0. The van der Waals surface area contributed by atoms with Crippen molar-refractivity contribution in [1.29, 1.82) is 0 Å². The number of ether oxygens (including phenoxy) is 5. The van der Waals surface area contributed by atoms with Crippen molar-refractivity contribution in [3.8, 4) is 28.7 Å². The number of nitrogens with zero attached hydrogens (tertiary/aromatic N) is 12. The van der Waals surface area contributed by atoms with Crippen LogP contribution in [0.1, 0.15) is 130 Å². The molecule has 25 heteroatoms. The molecule has 0 aliphatic carbocycles. The molecule has 1 unspecified atom stereocenters. The van der Waals surface area contributed by atoms with Crippen molar-refractivity contribution in [3.63, 3.8) is 0 Å². The Kier molecular flexibility index (Phi) is 36.4. The number of amides is 1. The van der Waals surface area contributed by atoms with Gasteiger partial charge in [-0.3, -0.25) is 38.7 Å². The number of piperidine rings is 1. The van der Waals surface area contributed by atoms with Crippen LogP contribution in [0.15, 0.2) is 261 Å². The van der Waals surface area contributed by atoms with Crippen LogP contribution in [-0.4, -0.2) is 259 Å². The number of carbonyl (C=O) groups excluding carboxylic acids is 5. The maximum Gasteiger partial charge on any atom is 0.231 e. The molecule has 9 heterocycles. The zero-order valence-corrected chi connectivity index (χ0v) is 90.3. The predicted molar refractivity (Wildman–Crippen MR) is 612 cm³/mol. The minimum Gasteiger partial charge on any atom is -0.495 e. The largest absolute Gasteiger partial charge is 0.495 e. The molecule has 1 amide bonds. The minimum atomic E-state index is 0.0824. The molecule has 1 atom stereocenters. The standard InChI is InChI=1S/C36H38ClN3O3.C31H36ClN3O3.C31H36ClN3O2.C27H31N3O2/c1-42-35-14-7-13-30-31(33(41)25-27-9-3-2-4-10-27)26-40(36(30)35)18-8-17-38-19-21-39(22-20-38)23-24-43-34-16-15-32(37)28-11-5-6-12-29(28)34;1-22(20-35-21-27(23(2)36)26-9-6-10-30(37-3)31(26)35)19-34-15-13-33(14-16-34)17-18-38-29-12-11-28(32)24-7-4-5-8-25(24)29;1-3-24-8-6-11-27-28(23(2)36)22-35(31(24)27)15-7-14-33-16-18-34(19-17-33)20-21-37-30-13-12-29(32)25-9-4-5-10-26(25)30;1-19-7-5-9-23-24(20(2)31)18-29(27(19)23)14-6-13-28-15-11-22(12-16-28)30-25-10-4-3-8-21(25)17-26(30)32/h2-7,9-16,26H,8,17-25H2,1H3;4-12,21-22H,13-20H2,1-3H3;4-6,8-13,22H,3,7,14-21H2,1-2H3;3-5,7-10,18,22H,6,11-17H2,1-2H3. The third-order valence-electron chi connectivity index (χ3n) is 30.6. The average molecular weight is 2080 g/mol. The van der Waals surface area contributed by atoms with Crippen molar-refractivity contribution < 1.29 is 47.7 Å². The van der Waals surface area contributed by atoms with E-state index in [2.05, 4.69) is 145 Å². The number of ketones is 4. The number of benzene rings is 12. The Hall–Kier alpha value is -12.7. The lowest BCUT2D eigenvalue weighted by Gasteiger charge is -2.37. The number of aromatic nitrogens is 4. The van der Waals surface area contributed by atoms with Gasteiger partial charge in [-0.25, -0.2) is 0 Å². The second-order valence-electron chi connectivity index (χ2n) is 40.6. The molecule has 0 N–H and O–H groups in total. The van der Waals surface area contributed by atoms with E-state index in [0.717, 1.165) is 344 Å². The number of anilines is 1. The van der Waals surface area contributed by atoms with Gasteiger partial charge < -0.3 is 66.5 Å². The van der Waals surface area contributed by atoms with Gasteiger partial charge in [-0.1, -0.05) is 231 Å². The van der Waals surface area contributed by atoms with Crippen molar-refractivity contribution in [2.75, 3.05) is 176 Å². The van der Waals surface area contributed by atoms with E-state index in [1.54, 1.807) is 35.0 Å². The quantitative estimate of drug-likeness (QED) is 0.0334. The van der Waals surface area contributed by atoms with Crippen LogP contribution < -0.4 is 28.6 Å². The summed E-state index contributed by atoms with van der Waals surface area (Å²) in [6, 6.07) is 78.9. The molecular weight excluding hydrogens is 1940 g/mol. The van der Waals surface area contributed by atoms with Crippen molar-refractivity contribution in [2.45, 2.75) is 125 Å². The first-order chi connectivity index (χ1) is 73.1. The number of Topliss-reactive ketones (excluding diaryl/α,β-unsaturated/α-hetero) is 4. The highest BCUT2D eigenvalue weighted by Crippen LogP contribution is 2.40. The first-order valence-corrected chi connectivity index (χ1v) is 54.7. The summed E-state index contributed by atoms with van der Waals surface area (Å²) in [7, 11) is 3.38. The Morgan fingerprint density at radius 3 is 1.17 bits per heavy atom. The Morgan fingerprint density at radius 2 is 0.707 bits per heavy atom. The molecule has 4 fully saturated rings. The van der Waals surface area contributed by atoms with Gasteiger partial charge in [0.25, 0.3) is 0 Å². The lowest BCUT2D eigenvalue weighted by molar-refractivity contribution is -0.118. The highest BCUT2D eigenvalue weighted by molar-refractivity contribution is 6.37. The maximum absolute atomic E-state index is 13.3. The maximum atomic E-state index is 13.3. The highest BCUT2D eigenvalue weighted by atomic mass is 35.5. The number of piperazine rings is 3. The van der Waals surface area contributed by atoms with Gasteiger partial charge in [0.2, 0.25) is 5.91 Å². The topological polar surface area (TPSA) is 177 Å². The van der Waals surface area contributed by atoms with Crippen LogP contribution in [0.5, 0.6) is 28.7 Å². The van der Waals surface area contributed by atoms with Crippen LogP contribution in [0.3, 0.4) is 0 Å². The second kappa shape index (κ2) is 51.0. The highest BCUT2D eigenvalue weighted by Gasteiger charge is 2.36. The minimum absolute atomic E-state index is 0.0824. The van der Waals surface area contributed by atoms with E-state index in [1.807, 2.05) is 195 Å². The number of aryl methyl sites for hydroxylation is 5. The fourth-order valence-corrected chi connectivity index (χ4v) is 23.5. The van der Waals surface area contributed by atoms with E-state index in [1.165, 1.54) is 27.7 Å². The second-order valence-corrected chi connectivity index (χ2v) is 41.9. The van der Waals surface area contributed by atoms with Crippen molar-refractivity contribution in [1.82, 2.24) is 52.6 Å². The third-order valence-corrected chi connectivity index (χ3v) is 31.6. The van der Waals surface area contributed by atoms with Crippen LogP contribution in [0.2, 0.25) is 15.1 Å². The number of hydrogen-bond donors (Lipinski definition) is 0. The molecule has 4 aromatic heterocycles. The van der Waals surface area contributed by atoms with Crippen molar-refractivity contribution in [2.24, 2.45) is 5.92 Å². The Labute approximate surface area is 896 Å². The van der Waals surface area contributed by atoms with Crippen LogP contribution in [0, 0.1) is 12.8 Å². The van der Waals surface area contributed by atoms with Gasteiger partial charge in [0.15, 0.2) is 23.1 Å². The van der Waals surface area contributed by atoms with Crippen LogP contribution in [0.4, 0.5) is 5.69 Å². The summed E-state index contributed by atoms with van der Waals surface area (Å²) in [5.74, 6) is 5.45. The van der Waals surface area contributed by atoms with E-state index in [0.29, 0.717) is 44.6 Å². The van der Waals surface area contributed by atoms with E-state index in [-0.39, 0.29) is 29.0 Å². The zero-order valence-electron chi connectivity index (χ0n) is 88.0. The van der Waals surface area contributed by atoms with Crippen LogP contribution in [0.25, 0.3) is 75.9 Å². The molecule has 0 saturated carbocycles. The molecule has 4 saturated heterocycles. The molecule has 0 radical (unpaired) electrons. The number of para-hydroxylation sites is 5. The van der Waals surface area contributed by atoms with Gasteiger partial charge in [0.05, 0.1) is 42.7 Å². The average Bonchev–Trinajstić information content (AvgIpc) is 1.63. The van der Waals surface area contributed by atoms with Crippen LogP contribution in [-0.2, 0) is 50.2 Å². The number of hydrogen-bond acceptors (Lipinski definition) is 17. The molecule has 150 heavy (non-hydrogen) atoms. The van der Waals surface area contributed by atoms with Crippen molar-refractivity contribution in [3.05, 3.63) is 321 Å². The van der Waals surface area contributed by atoms with Crippen molar-refractivity contribution >= 4 is 145 Å². The van der Waals surface area contributed by atoms with E-state index in [9.17, 15) is 24.0 Å². The first-order valence-electron chi connectivity index (χ1n) is 53.6. The lowest BCUT2D eigenvalue weighted by Crippen LogP contribution is -2.48. The summed E-state index contributed by atoms with van der Waals surface area (Å²) in [5, 5.41) is 12.6. The van der Waals surface area contributed by atoms with Gasteiger partial charge in [-0.2, -0.15) is 0 Å². The summed E-state index contributed by atoms with van der Waals surface area (Å²) in [6.07, 6.45) is 15.2. The van der Waals surface area contributed by atoms with Gasteiger partial charge >= 0.3 is 0 Å². The molecule has 782 valence electrons. The van der Waals surface area contributed by atoms with E-state index >= 15 is 0 Å². The number of fused-ring (bicyclic) bond motifs is 8. The Bertz CT molecular complexity index is 7410. The SMILES string of the molecule is CC(=O)c1cn(CCCN2CCC(N3C(=O)Cc4ccccc43)CC2)c2c(C)cccc12.CCc1cccc2c(C(C)=O)cn(CCCN3CCN(CCOc4ccc(Cl)c5ccccc45)CC3)c12.COc1cccc2c(C(=O)Cc3ccccc3)cn(CCCN3CCN(CCOc4ccc(Cl)c5ccccc45)CC3)c12.COc1cccc2c(C(C)=O)cn(CC(C)CN3CCN(CCOc4ccc(Cl)c5ccccc45)CC3)c12. The molecule has 5 aliphatic heterocycles. The summed E-state index contributed by atoms with van der Waals surface area (Å²) in [5.41, 5.74) is 13.4. The Morgan fingerprint density at radius 1 is 0.347 bits per heavy atom. The molecule has 0 spiro atoms. The molecule has 0 bridgehead atoms. The molecule has 5 aliphatic rings. The van der Waals surface area contributed by atoms with E-state index in [4.69, 9.17) is 58.5 Å². The fraction of sp³-hybridized carbons (Fsp3) is 0.368. The fourth-order valence-electron chi connectivity index (χ4n) is 22.8. The smallest absolute Gasteiger partial charge is 0.231 e. The summed E-state index contributed by atoms with van der Waals surface area (Å²) in [6.45, 7) is 38.5. The van der Waals surface area contributed by atoms with Gasteiger partial charge in [0, 0.05) is 278 Å². The molecule has 16 aromatic rings. The van der Waals surface area contributed by atoms with E-state index < -0.39 is 0 Å². The first kappa shape index (κ1) is 107. The summed E-state index contributed by atoms with van der Waals surface area (Å²) < 4.78 is 38.8. The number of likely N-dealkylation sites (tertiary alicyclic amines) is 1. The molecule has 22 nitrogen and oxygen atoms in total. The lowest BCUT2D eigenvalue weighted by atomic mass is 10.0. The van der Waals surface area contributed by atoms with Gasteiger partial charge in [0.1, 0.15) is 48.6 Å².